The van der Waals surface area contributed by atoms with Crippen LogP contribution in [-0.2, 0) is 0 Å². The van der Waals surface area contributed by atoms with Gasteiger partial charge in [0.1, 0.15) is 0 Å². The average molecular weight is 161 g/mol. The van der Waals surface area contributed by atoms with Gasteiger partial charge in [-0.05, 0) is 26.0 Å². The van der Waals surface area contributed by atoms with Crippen LogP contribution in [-0.4, -0.2) is 10.2 Å². The van der Waals surface area contributed by atoms with Crippen LogP contribution >= 0.6 is 0 Å². The van der Waals surface area contributed by atoms with Crippen LogP contribution in [0.2, 0.25) is 0 Å². The van der Waals surface area contributed by atoms with Crippen molar-refractivity contribution in [3.05, 3.63) is 23.4 Å². The molecule has 2 rings (SSSR count). The normalized spacial score (nSPS) is 10.8. The van der Waals surface area contributed by atoms with Crippen molar-refractivity contribution in [3.8, 4) is 0 Å². The molecule has 0 aliphatic heterocycles. The highest BCUT2D eigenvalue weighted by molar-refractivity contribution is 5.87. The number of nitrogens with one attached hydrogen (secondary N) is 1. The zero-order chi connectivity index (χ0) is 8.72. The summed E-state index contributed by atoms with van der Waals surface area (Å²) in [6.45, 7) is 3.99. The maximum atomic E-state index is 5.74. The van der Waals surface area contributed by atoms with E-state index in [0.29, 0.717) is 0 Å². The molecular weight excluding hydrogens is 150 g/mol. The minimum atomic E-state index is 0.800. The van der Waals surface area contributed by atoms with E-state index in [9.17, 15) is 0 Å². The minimum absolute atomic E-state index is 0.800. The summed E-state index contributed by atoms with van der Waals surface area (Å²) in [5.74, 6) is 0. The fourth-order valence-electron chi connectivity index (χ4n) is 1.36. The summed E-state index contributed by atoms with van der Waals surface area (Å²) in [6.07, 6.45) is 0. The predicted molar refractivity (Wildman–Crippen MR) is 50.0 cm³/mol. The third-order valence-corrected chi connectivity index (χ3v) is 2.21. The number of anilines is 1. The Labute approximate surface area is 70.6 Å². The Hall–Kier alpha value is -1.51. The SMILES string of the molecule is Cc1[nH]nc2c(C)c(N)ccc12. The molecule has 3 N–H and O–H groups in total. The number of nitrogen functional groups attached to an aromatic ring is 1. The topological polar surface area (TPSA) is 54.7 Å². The maximum absolute atomic E-state index is 5.74. The van der Waals surface area contributed by atoms with Crippen molar-refractivity contribution in [3.63, 3.8) is 0 Å². The lowest BCUT2D eigenvalue weighted by Gasteiger charge is -1.98. The van der Waals surface area contributed by atoms with Gasteiger partial charge in [0.2, 0.25) is 0 Å². The molecule has 0 amide bonds. The Morgan fingerprint density at radius 3 is 2.83 bits per heavy atom. The van der Waals surface area contributed by atoms with Crippen LogP contribution in [0, 0.1) is 13.8 Å². The minimum Gasteiger partial charge on any atom is -0.398 e. The van der Waals surface area contributed by atoms with Gasteiger partial charge in [0.05, 0.1) is 5.52 Å². The molecule has 0 aliphatic carbocycles. The van der Waals surface area contributed by atoms with Crippen LogP contribution in [0.15, 0.2) is 12.1 Å². The van der Waals surface area contributed by atoms with E-state index in [1.807, 2.05) is 26.0 Å². The third-order valence-electron chi connectivity index (χ3n) is 2.21. The zero-order valence-electron chi connectivity index (χ0n) is 7.18. The van der Waals surface area contributed by atoms with Gasteiger partial charge in [-0.15, -0.1) is 0 Å². The van der Waals surface area contributed by atoms with E-state index in [1.54, 1.807) is 0 Å². The molecule has 0 atom stereocenters. The van der Waals surface area contributed by atoms with Crippen LogP contribution in [0.4, 0.5) is 5.69 Å². The summed E-state index contributed by atoms with van der Waals surface area (Å²) in [5.41, 5.74) is 9.66. The summed E-state index contributed by atoms with van der Waals surface area (Å²) < 4.78 is 0. The van der Waals surface area contributed by atoms with Crippen molar-refractivity contribution in [1.29, 1.82) is 0 Å². The molecule has 1 aromatic heterocycles. The van der Waals surface area contributed by atoms with E-state index in [2.05, 4.69) is 10.2 Å². The molecule has 0 saturated heterocycles. The highest BCUT2D eigenvalue weighted by atomic mass is 15.1. The first-order valence-corrected chi connectivity index (χ1v) is 3.90. The quantitative estimate of drug-likeness (QED) is 0.578. The number of hydrogen-bond donors (Lipinski definition) is 2. The molecule has 12 heavy (non-hydrogen) atoms. The molecule has 0 unspecified atom stereocenters. The van der Waals surface area contributed by atoms with Gasteiger partial charge in [-0.2, -0.15) is 5.10 Å². The maximum Gasteiger partial charge on any atom is 0.0973 e. The van der Waals surface area contributed by atoms with Gasteiger partial charge >= 0.3 is 0 Å². The number of aromatic amines is 1. The molecule has 0 spiro atoms. The van der Waals surface area contributed by atoms with Crippen LogP contribution in [0.25, 0.3) is 10.9 Å². The molecule has 0 bridgehead atoms. The molecule has 0 saturated carbocycles. The molecule has 0 fully saturated rings. The number of nitrogens with two attached hydrogens (primary N) is 1. The standard InChI is InChI=1S/C9H11N3/c1-5-8(10)4-3-7-6(2)11-12-9(5)7/h3-4H,10H2,1-2H3,(H,11,12). The summed E-state index contributed by atoms with van der Waals surface area (Å²) in [6, 6.07) is 3.91. The Morgan fingerprint density at radius 1 is 1.33 bits per heavy atom. The summed E-state index contributed by atoms with van der Waals surface area (Å²) in [5, 5.41) is 8.27. The number of rotatable bonds is 0. The molecule has 1 aromatic carbocycles. The number of fused-ring (bicyclic) bond motifs is 1. The lowest BCUT2D eigenvalue weighted by molar-refractivity contribution is 1.07. The first-order valence-electron chi connectivity index (χ1n) is 3.90. The second kappa shape index (κ2) is 2.24. The Balaban J connectivity index is 2.93. The molecule has 1 heterocycles. The molecule has 3 heteroatoms. The molecule has 2 aromatic rings. The van der Waals surface area contributed by atoms with E-state index in [4.69, 9.17) is 5.73 Å². The van der Waals surface area contributed by atoms with Crippen molar-refractivity contribution in [2.75, 3.05) is 5.73 Å². The first-order chi connectivity index (χ1) is 5.70. The Morgan fingerprint density at radius 2 is 2.08 bits per heavy atom. The van der Waals surface area contributed by atoms with Crippen LogP contribution in [0.1, 0.15) is 11.3 Å². The lowest BCUT2D eigenvalue weighted by Crippen LogP contribution is -1.89. The van der Waals surface area contributed by atoms with E-state index < -0.39 is 0 Å². The predicted octanol–water partition coefficient (Wildman–Crippen LogP) is 1.76. The average Bonchev–Trinajstić information content (AvgIpc) is 2.41. The van der Waals surface area contributed by atoms with Gasteiger partial charge in [0.25, 0.3) is 0 Å². The third kappa shape index (κ3) is 0.794. The largest absolute Gasteiger partial charge is 0.398 e. The summed E-state index contributed by atoms with van der Waals surface area (Å²) in [4.78, 5) is 0. The Bertz CT molecular complexity index is 429. The number of aryl methyl sites for hydroxylation is 2. The van der Waals surface area contributed by atoms with E-state index in [1.165, 1.54) is 0 Å². The summed E-state index contributed by atoms with van der Waals surface area (Å²) in [7, 11) is 0. The van der Waals surface area contributed by atoms with Crippen LogP contribution in [0.5, 0.6) is 0 Å². The van der Waals surface area contributed by atoms with Crippen molar-refractivity contribution >= 4 is 16.6 Å². The van der Waals surface area contributed by atoms with E-state index in [0.717, 1.165) is 27.8 Å². The molecule has 62 valence electrons. The smallest absolute Gasteiger partial charge is 0.0973 e. The summed E-state index contributed by atoms with van der Waals surface area (Å²) >= 11 is 0. The molecule has 0 radical (unpaired) electrons. The number of hydrogen-bond acceptors (Lipinski definition) is 2. The molecular formula is C9H11N3. The van der Waals surface area contributed by atoms with Gasteiger partial charge in [-0.1, -0.05) is 0 Å². The van der Waals surface area contributed by atoms with E-state index >= 15 is 0 Å². The highest BCUT2D eigenvalue weighted by Gasteiger charge is 2.05. The van der Waals surface area contributed by atoms with Crippen LogP contribution in [0.3, 0.4) is 0 Å². The van der Waals surface area contributed by atoms with Crippen molar-refractivity contribution < 1.29 is 0 Å². The van der Waals surface area contributed by atoms with Gasteiger partial charge in [-0.25, -0.2) is 0 Å². The zero-order valence-corrected chi connectivity index (χ0v) is 7.18. The first kappa shape index (κ1) is 7.16. The van der Waals surface area contributed by atoms with Gasteiger partial charge < -0.3 is 5.73 Å². The monoisotopic (exact) mass is 161 g/mol. The lowest BCUT2D eigenvalue weighted by atomic mass is 10.1. The van der Waals surface area contributed by atoms with Crippen molar-refractivity contribution in [2.24, 2.45) is 0 Å². The fraction of sp³-hybridized carbons (Fsp3) is 0.222. The van der Waals surface area contributed by atoms with Gasteiger partial charge in [-0.3, -0.25) is 5.10 Å². The second-order valence-electron chi connectivity index (χ2n) is 3.02. The molecule has 0 aliphatic rings. The fourth-order valence-corrected chi connectivity index (χ4v) is 1.36. The van der Waals surface area contributed by atoms with Crippen molar-refractivity contribution in [1.82, 2.24) is 10.2 Å². The number of H-pyrrole nitrogens is 1. The number of nitrogens with zero attached hydrogens (tertiary/aromatic N) is 1. The van der Waals surface area contributed by atoms with Gasteiger partial charge in [0, 0.05) is 22.3 Å². The number of aromatic nitrogens is 2. The Kier molecular flexibility index (Phi) is 1.33. The van der Waals surface area contributed by atoms with E-state index in [-0.39, 0.29) is 0 Å². The van der Waals surface area contributed by atoms with Crippen molar-refractivity contribution in [2.45, 2.75) is 13.8 Å². The molecule has 3 nitrogen and oxygen atoms in total. The number of benzene rings is 1. The second-order valence-corrected chi connectivity index (χ2v) is 3.02. The highest BCUT2D eigenvalue weighted by Crippen LogP contribution is 2.22. The van der Waals surface area contributed by atoms with Gasteiger partial charge in [0.15, 0.2) is 0 Å². The van der Waals surface area contributed by atoms with Crippen LogP contribution < -0.4 is 5.73 Å².